The van der Waals surface area contributed by atoms with Crippen molar-refractivity contribution in [2.45, 2.75) is 13.5 Å². The Bertz CT molecular complexity index is 994. The molecule has 2 N–H and O–H groups in total. The standard InChI is InChI=1S/C20H16FN5O/c1-13-10-18(19(27)25-17-8-4-14(11-22)5-9-17)26-20(24-13)23-12-15-2-6-16(21)7-3-15/h2-10H,12H2,1H3,(H,25,27)(H,23,24,26). The molecule has 0 spiro atoms. The van der Waals surface area contributed by atoms with Gasteiger partial charge in [-0.1, -0.05) is 12.1 Å². The van der Waals surface area contributed by atoms with Gasteiger partial charge in [-0.05, 0) is 55.0 Å². The lowest BCUT2D eigenvalue weighted by molar-refractivity contribution is 0.102. The van der Waals surface area contributed by atoms with Gasteiger partial charge in [0.2, 0.25) is 5.95 Å². The molecule has 0 unspecified atom stereocenters. The molecule has 2 aromatic carbocycles. The summed E-state index contributed by atoms with van der Waals surface area (Å²) in [5.41, 5.74) is 2.80. The number of aryl methyl sites for hydroxylation is 1. The molecule has 1 aromatic heterocycles. The third kappa shape index (κ3) is 4.86. The molecule has 0 bridgehead atoms. The number of nitrogens with one attached hydrogen (secondary N) is 2. The maximum absolute atomic E-state index is 13.0. The summed E-state index contributed by atoms with van der Waals surface area (Å²) < 4.78 is 13.0. The highest BCUT2D eigenvalue weighted by Crippen LogP contribution is 2.12. The Morgan fingerprint density at radius 2 is 1.81 bits per heavy atom. The molecular weight excluding hydrogens is 345 g/mol. The third-order valence-corrected chi connectivity index (χ3v) is 3.72. The smallest absolute Gasteiger partial charge is 0.274 e. The van der Waals surface area contributed by atoms with E-state index in [9.17, 15) is 9.18 Å². The molecule has 0 atom stereocenters. The molecule has 7 heteroatoms. The number of benzene rings is 2. The Hall–Kier alpha value is -3.79. The van der Waals surface area contributed by atoms with Crippen LogP contribution in [0, 0.1) is 24.1 Å². The van der Waals surface area contributed by atoms with E-state index in [2.05, 4.69) is 20.6 Å². The number of halogens is 1. The van der Waals surface area contributed by atoms with Crippen LogP contribution in [0.4, 0.5) is 16.0 Å². The second-order valence-corrected chi connectivity index (χ2v) is 5.84. The fraction of sp³-hybridized carbons (Fsp3) is 0.100. The first-order valence-electron chi connectivity index (χ1n) is 8.19. The van der Waals surface area contributed by atoms with Crippen LogP contribution in [0.3, 0.4) is 0 Å². The Kier molecular flexibility index (Phi) is 5.38. The highest BCUT2D eigenvalue weighted by atomic mass is 19.1. The number of nitriles is 1. The first-order chi connectivity index (χ1) is 13.0. The highest BCUT2D eigenvalue weighted by molar-refractivity contribution is 6.03. The zero-order valence-corrected chi connectivity index (χ0v) is 14.5. The minimum Gasteiger partial charge on any atom is -0.350 e. The van der Waals surface area contributed by atoms with Crippen LogP contribution in [0.2, 0.25) is 0 Å². The second-order valence-electron chi connectivity index (χ2n) is 5.84. The van der Waals surface area contributed by atoms with Crippen LogP contribution in [-0.2, 0) is 6.54 Å². The van der Waals surface area contributed by atoms with Gasteiger partial charge in [-0.2, -0.15) is 5.26 Å². The summed E-state index contributed by atoms with van der Waals surface area (Å²) in [4.78, 5) is 21.0. The Morgan fingerprint density at radius 3 is 2.48 bits per heavy atom. The Morgan fingerprint density at radius 1 is 1.11 bits per heavy atom. The number of carbonyl (C=O) groups is 1. The van der Waals surface area contributed by atoms with Crippen molar-refractivity contribution in [2.24, 2.45) is 0 Å². The van der Waals surface area contributed by atoms with Crippen LogP contribution in [0.15, 0.2) is 54.6 Å². The molecule has 3 rings (SSSR count). The molecule has 1 amide bonds. The van der Waals surface area contributed by atoms with Gasteiger partial charge in [0.05, 0.1) is 11.6 Å². The van der Waals surface area contributed by atoms with Gasteiger partial charge in [0.25, 0.3) is 5.91 Å². The third-order valence-electron chi connectivity index (χ3n) is 3.72. The number of aromatic nitrogens is 2. The molecule has 0 saturated carbocycles. The predicted molar refractivity (Wildman–Crippen MR) is 99.6 cm³/mol. The van der Waals surface area contributed by atoms with Gasteiger partial charge in [0, 0.05) is 17.9 Å². The van der Waals surface area contributed by atoms with Crippen molar-refractivity contribution in [2.75, 3.05) is 10.6 Å². The minimum absolute atomic E-state index is 0.216. The summed E-state index contributed by atoms with van der Waals surface area (Å²) in [6.07, 6.45) is 0. The lowest BCUT2D eigenvalue weighted by atomic mass is 10.2. The maximum Gasteiger partial charge on any atom is 0.274 e. The molecular formula is C20H16FN5O. The van der Waals surface area contributed by atoms with E-state index in [1.54, 1.807) is 49.4 Å². The molecule has 0 aliphatic rings. The molecule has 0 fully saturated rings. The average molecular weight is 361 g/mol. The van der Waals surface area contributed by atoms with E-state index in [1.165, 1.54) is 12.1 Å². The number of hydrogen-bond donors (Lipinski definition) is 2. The number of hydrogen-bond acceptors (Lipinski definition) is 5. The molecule has 27 heavy (non-hydrogen) atoms. The molecule has 0 aliphatic carbocycles. The Labute approximate surface area is 155 Å². The largest absolute Gasteiger partial charge is 0.350 e. The van der Waals surface area contributed by atoms with Crippen molar-refractivity contribution < 1.29 is 9.18 Å². The van der Waals surface area contributed by atoms with Crippen LogP contribution in [-0.4, -0.2) is 15.9 Å². The van der Waals surface area contributed by atoms with Crippen molar-refractivity contribution >= 4 is 17.5 Å². The van der Waals surface area contributed by atoms with E-state index in [0.29, 0.717) is 29.4 Å². The SMILES string of the molecule is Cc1cc(C(=O)Nc2ccc(C#N)cc2)nc(NCc2ccc(F)cc2)n1. The van der Waals surface area contributed by atoms with E-state index in [0.717, 1.165) is 5.56 Å². The summed E-state index contributed by atoms with van der Waals surface area (Å²) in [5, 5.41) is 14.6. The number of nitrogens with zero attached hydrogens (tertiary/aromatic N) is 3. The fourth-order valence-corrected chi connectivity index (χ4v) is 2.37. The van der Waals surface area contributed by atoms with Gasteiger partial charge < -0.3 is 10.6 Å². The normalized spacial score (nSPS) is 10.1. The number of amides is 1. The van der Waals surface area contributed by atoms with Crippen molar-refractivity contribution in [3.8, 4) is 6.07 Å². The van der Waals surface area contributed by atoms with Gasteiger partial charge >= 0.3 is 0 Å². The summed E-state index contributed by atoms with van der Waals surface area (Å²) in [7, 11) is 0. The van der Waals surface area contributed by atoms with E-state index in [4.69, 9.17) is 5.26 Å². The van der Waals surface area contributed by atoms with Crippen molar-refractivity contribution in [3.05, 3.63) is 82.9 Å². The van der Waals surface area contributed by atoms with Crippen LogP contribution >= 0.6 is 0 Å². The summed E-state index contributed by atoms with van der Waals surface area (Å²) >= 11 is 0. The zero-order valence-electron chi connectivity index (χ0n) is 14.5. The van der Waals surface area contributed by atoms with Gasteiger partial charge in [-0.15, -0.1) is 0 Å². The van der Waals surface area contributed by atoms with Crippen molar-refractivity contribution in [3.63, 3.8) is 0 Å². The van der Waals surface area contributed by atoms with Gasteiger partial charge in [0.1, 0.15) is 11.5 Å². The Balaban J connectivity index is 1.70. The monoisotopic (exact) mass is 361 g/mol. The van der Waals surface area contributed by atoms with E-state index >= 15 is 0 Å². The van der Waals surface area contributed by atoms with Gasteiger partial charge in [-0.25, -0.2) is 14.4 Å². The minimum atomic E-state index is -0.380. The predicted octanol–water partition coefficient (Wildman–Crippen LogP) is 3.66. The van der Waals surface area contributed by atoms with Crippen molar-refractivity contribution in [1.29, 1.82) is 5.26 Å². The molecule has 134 valence electrons. The second kappa shape index (κ2) is 8.06. The summed E-state index contributed by atoms with van der Waals surface area (Å²) in [6, 6.07) is 16.2. The molecule has 0 aliphatic heterocycles. The summed E-state index contributed by atoms with van der Waals surface area (Å²) in [6.45, 7) is 2.17. The topological polar surface area (TPSA) is 90.7 Å². The average Bonchev–Trinajstić information content (AvgIpc) is 2.68. The number of carbonyl (C=O) groups excluding carboxylic acids is 1. The molecule has 0 radical (unpaired) electrons. The first kappa shape index (κ1) is 18.0. The van der Waals surface area contributed by atoms with E-state index in [-0.39, 0.29) is 17.4 Å². The quantitative estimate of drug-likeness (QED) is 0.724. The van der Waals surface area contributed by atoms with Crippen molar-refractivity contribution in [1.82, 2.24) is 9.97 Å². The maximum atomic E-state index is 13.0. The van der Waals surface area contributed by atoms with E-state index in [1.807, 2.05) is 6.07 Å². The molecule has 0 saturated heterocycles. The van der Waals surface area contributed by atoms with E-state index < -0.39 is 0 Å². The summed E-state index contributed by atoms with van der Waals surface area (Å²) in [5.74, 6) is -0.369. The number of rotatable bonds is 5. The molecule has 3 aromatic rings. The lowest BCUT2D eigenvalue weighted by Gasteiger charge is -2.09. The number of anilines is 2. The van der Waals surface area contributed by atoms with Crippen LogP contribution in [0.5, 0.6) is 0 Å². The van der Waals surface area contributed by atoms with Crippen LogP contribution in [0.1, 0.15) is 27.3 Å². The highest BCUT2D eigenvalue weighted by Gasteiger charge is 2.11. The van der Waals surface area contributed by atoms with Crippen LogP contribution < -0.4 is 10.6 Å². The fourth-order valence-electron chi connectivity index (χ4n) is 2.37. The zero-order chi connectivity index (χ0) is 19.2. The molecule has 1 heterocycles. The first-order valence-corrected chi connectivity index (χ1v) is 8.19. The molecule has 6 nitrogen and oxygen atoms in total. The van der Waals surface area contributed by atoms with Gasteiger partial charge in [-0.3, -0.25) is 4.79 Å². The lowest BCUT2D eigenvalue weighted by Crippen LogP contribution is -2.16. The van der Waals surface area contributed by atoms with Gasteiger partial charge in [0.15, 0.2) is 0 Å². The van der Waals surface area contributed by atoms with Crippen LogP contribution in [0.25, 0.3) is 0 Å².